The standard InChI is InChI=1S/C16H36N2/c1-3-5-7-9-11-15(17)13-14-16(18)12-10-8-6-4-2/h15-16H,3-14,17-18H2,1-2H3/t15-,16-/m1/s1. The molecule has 0 fully saturated rings. The third kappa shape index (κ3) is 12.4. The van der Waals surface area contributed by atoms with Crippen LogP contribution in [-0.2, 0) is 0 Å². The molecule has 0 aliphatic rings. The Morgan fingerprint density at radius 1 is 0.556 bits per heavy atom. The van der Waals surface area contributed by atoms with Gasteiger partial charge in [-0.3, -0.25) is 0 Å². The highest BCUT2D eigenvalue weighted by Gasteiger charge is 2.07. The predicted octanol–water partition coefficient (Wildman–Crippen LogP) is 4.36. The van der Waals surface area contributed by atoms with Gasteiger partial charge in [0.2, 0.25) is 0 Å². The minimum atomic E-state index is 0.378. The quantitative estimate of drug-likeness (QED) is 0.481. The Hall–Kier alpha value is -0.0800. The van der Waals surface area contributed by atoms with Crippen LogP contribution >= 0.6 is 0 Å². The second kappa shape index (κ2) is 13.4. The average molecular weight is 256 g/mol. The third-order valence-electron chi connectivity index (χ3n) is 3.77. The third-order valence-corrected chi connectivity index (χ3v) is 3.77. The first-order valence-corrected chi connectivity index (χ1v) is 8.21. The van der Waals surface area contributed by atoms with Crippen molar-refractivity contribution >= 4 is 0 Å². The SMILES string of the molecule is CCCCCC[C@@H](N)CC[C@H](N)CCCCCC. The maximum absolute atomic E-state index is 6.13. The highest BCUT2D eigenvalue weighted by atomic mass is 14.7. The van der Waals surface area contributed by atoms with Gasteiger partial charge in [-0.1, -0.05) is 65.2 Å². The van der Waals surface area contributed by atoms with Crippen molar-refractivity contribution in [1.82, 2.24) is 0 Å². The molecule has 0 saturated carbocycles. The van der Waals surface area contributed by atoms with E-state index in [0.717, 1.165) is 12.8 Å². The summed E-state index contributed by atoms with van der Waals surface area (Å²) < 4.78 is 0. The molecule has 4 N–H and O–H groups in total. The molecule has 0 aliphatic carbocycles. The number of hydrogen-bond acceptors (Lipinski definition) is 2. The average Bonchev–Trinajstić information content (AvgIpc) is 2.37. The summed E-state index contributed by atoms with van der Waals surface area (Å²) in [4.78, 5) is 0. The van der Waals surface area contributed by atoms with Crippen LogP contribution in [0.3, 0.4) is 0 Å². The van der Waals surface area contributed by atoms with E-state index in [1.165, 1.54) is 64.2 Å². The predicted molar refractivity (Wildman–Crippen MR) is 82.7 cm³/mol. The van der Waals surface area contributed by atoms with Crippen molar-refractivity contribution in [3.63, 3.8) is 0 Å². The van der Waals surface area contributed by atoms with E-state index < -0.39 is 0 Å². The highest BCUT2D eigenvalue weighted by Crippen LogP contribution is 2.12. The lowest BCUT2D eigenvalue weighted by molar-refractivity contribution is 0.452. The molecular weight excluding hydrogens is 220 g/mol. The Balaban J connectivity index is 3.32. The molecule has 0 rings (SSSR count). The van der Waals surface area contributed by atoms with Gasteiger partial charge in [0.25, 0.3) is 0 Å². The smallest absolute Gasteiger partial charge is 0.00394 e. The molecule has 2 nitrogen and oxygen atoms in total. The number of nitrogens with two attached hydrogens (primary N) is 2. The Morgan fingerprint density at radius 3 is 1.28 bits per heavy atom. The summed E-state index contributed by atoms with van der Waals surface area (Å²) in [6, 6.07) is 0.757. The monoisotopic (exact) mass is 256 g/mol. The van der Waals surface area contributed by atoms with Crippen molar-refractivity contribution in [2.75, 3.05) is 0 Å². The Kier molecular flexibility index (Phi) is 13.3. The van der Waals surface area contributed by atoms with Crippen LogP contribution in [-0.4, -0.2) is 12.1 Å². The van der Waals surface area contributed by atoms with E-state index in [4.69, 9.17) is 11.5 Å². The topological polar surface area (TPSA) is 52.0 Å². The van der Waals surface area contributed by atoms with E-state index in [1.807, 2.05) is 0 Å². The molecule has 2 heteroatoms. The van der Waals surface area contributed by atoms with Crippen LogP contribution in [0.15, 0.2) is 0 Å². The lowest BCUT2D eigenvalue weighted by atomic mass is 9.98. The van der Waals surface area contributed by atoms with Crippen LogP contribution in [0.4, 0.5) is 0 Å². The van der Waals surface area contributed by atoms with Crippen molar-refractivity contribution in [2.24, 2.45) is 11.5 Å². The molecule has 0 aromatic carbocycles. The molecule has 0 radical (unpaired) electrons. The van der Waals surface area contributed by atoms with Crippen molar-refractivity contribution in [3.05, 3.63) is 0 Å². The Morgan fingerprint density at radius 2 is 0.944 bits per heavy atom. The Labute approximate surface area is 115 Å². The minimum Gasteiger partial charge on any atom is -0.328 e. The van der Waals surface area contributed by atoms with Crippen molar-refractivity contribution < 1.29 is 0 Å². The van der Waals surface area contributed by atoms with E-state index in [0.29, 0.717) is 12.1 Å². The van der Waals surface area contributed by atoms with Crippen LogP contribution < -0.4 is 11.5 Å². The van der Waals surface area contributed by atoms with Gasteiger partial charge in [0.1, 0.15) is 0 Å². The number of hydrogen-bond donors (Lipinski definition) is 2. The van der Waals surface area contributed by atoms with Crippen molar-refractivity contribution in [3.8, 4) is 0 Å². The van der Waals surface area contributed by atoms with E-state index in [1.54, 1.807) is 0 Å². The fourth-order valence-corrected chi connectivity index (χ4v) is 2.38. The van der Waals surface area contributed by atoms with Crippen LogP contribution in [0.25, 0.3) is 0 Å². The highest BCUT2D eigenvalue weighted by molar-refractivity contribution is 4.68. The molecule has 0 bridgehead atoms. The maximum Gasteiger partial charge on any atom is 0.00394 e. The van der Waals surface area contributed by atoms with Gasteiger partial charge in [0.15, 0.2) is 0 Å². The second-order valence-electron chi connectivity index (χ2n) is 5.80. The number of unbranched alkanes of at least 4 members (excludes halogenated alkanes) is 6. The molecule has 0 heterocycles. The molecule has 2 atom stereocenters. The first kappa shape index (κ1) is 17.9. The van der Waals surface area contributed by atoms with Gasteiger partial charge in [-0.25, -0.2) is 0 Å². The Bertz CT molecular complexity index is 141. The van der Waals surface area contributed by atoms with E-state index in [-0.39, 0.29) is 0 Å². The zero-order valence-electron chi connectivity index (χ0n) is 12.8. The molecule has 0 saturated heterocycles. The summed E-state index contributed by atoms with van der Waals surface area (Å²) >= 11 is 0. The largest absolute Gasteiger partial charge is 0.328 e. The van der Waals surface area contributed by atoms with Crippen LogP contribution in [0.1, 0.15) is 90.9 Å². The molecule has 110 valence electrons. The zero-order chi connectivity index (χ0) is 13.6. The fourth-order valence-electron chi connectivity index (χ4n) is 2.38. The first-order valence-electron chi connectivity index (χ1n) is 8.21. The molecule has 0 aliphatic heterocycles. The summed E-state index contributed by atoms with van der Waals surface area (Å²) in [6.07, 6.45) is 15.2. The van der Waals surface area contributed by atoms with Crippen molar-refractivity contribution in [2.45, 2.75) is 103 Å². The molecular formula is C16H36N2. The lowest BCUT2D eigenvalue weighted by Crippen LogP contribution is -2.26. The summed E-state index contributed by atoms with van der Waals surface area (Å²) in [6.45, 7) is 4.50. The molecule has 0 spiro atoms. The van der Waals surface area contributed by atoms with Gasteiger partial charge >= 0.3 is 0 Å². The van der Waals surface area contributed by atoms with Gasteiger partial charge in [0, 0.05) is 12.1 Å². The summed E-state index contributed by atoms with van der Waals surface area (Å²) in [7, 11) is 0. The lowest BCUT2D eigenvalue weighted by Gasteiger charge is -2.15. The second-order valence-corrected chi connectivity index (χ2v) is 5.80. The summed E-state index contributed by atoms with van der Waals surface area (Å²) in [5.74, 6) is 0. The van der Waals surface area contributed by atoms with E-state index >= 15 is 0 Å². The molecule has 0 aromatic rings. The van der Waals surface area contributed by atoms with Gasteiger partial charge < -0.3 is 11.5 Å². The van der Waals surface area contributed by atoms with Crippen LogP contribution in [0, 0.1) is 0 Å². The van der Waals surface area contributed by atoms with Crippen LogP contribution in [0.5, 0.6) is 0 Å². The van der Waals surface area contributed by atoms with Gasteiger partial charge in [0.05, 0.1) is 0 Å². The maximum atomic E-state index is 6.13. The van der Waals surface area contributed by atoms with Gasteiger partial charge in [-0.2, -0.15) is 0 Å². The summed E-state index contributed by atoms with van der Waals surface area (Å²) in [5, 5.41) is 0. The van der Waals surface area contributed by atoms with Crippen molar-refractivity contribution in [1.29, 1.82) is 0 Å². The molecule has 18 heavy (non-hydrogen) atoms. The normalized spacial score (nSPS) is 14.7. The van der Waals surface area contributed by atoms with E-state index in [2.05, 4.69) is 13.8 Å². The van der Waals surface area contributed by atoms with Crippen LogP contribution in [0.2, 0.25) is 0 Å². The minimum absolute atomic E-state index is 0.378. The first-order chi connectivity index (χ1) is 8.70. The zero-order valence-corrected chi connectivity index (χ0v) is 12.8. The number of rotatable bonds is 13. The van der Waals surface area contributed by atoms with Gasteiger partial charge in [-0.15, -0.1) is 0 Å². The fraction of sp³-hybridized carbons (Fsp3) is 1.00. The molecule has 0 aromatic heterocycles. The summed E-state index contributed by atoms with van der Waals surface area (Å²) in [5.41, 5.74) is 12.3. The van der Waals surface area contributed by atoms with Gasteiger partial charge in [-0.05, 0) is 25.7 Å². The van der Waals surface area contributed by atoms with E-state index in [9.17, 15) is 0 Å². The molecule has 0 unspecified atom stereocenters. The molecule has 0 amide bonds.